The topological polar surface area (TPSA) is 353 Å². The van der Waals surface area contributed by atoms with Gasteiger partial charge in [0.15, 0.2) is 0 Å². The predicted molar refractivity (Wildman–Crippen MR) is 206 cm³/mol. The summed E-state index contributed by atoms with van der Waals surface area (Å²) in [5.74, 6) is -6.19. The first-order valence-electron chi connectivity index (χ1n) is 19.3. The third-order valence-electron chi connectivity index (χ3n) is 9.54. The number of carbonyl (C=O) groups excluding carboxylic acids is 6. The number of imidazole rings is 2. The van der Waals surface area contributed by atoms with E-state index < -0.39 is 96.4 Å². The van der Waals surface area contributed by atoms with Gasteiger partial charge in [0, 0.05) is 43.2 Å². The molecule has 322 valence electrons. The molecule has 8 atom stereocenters. The van der Waals surface area contributed by atoms with E-state index in [0.29, 0.717) is 37.2 Å². The van der Waals surface area contributed by atoms with E-state index in [2.05, 4.69) is 46.5 Å². The van der Waals surface area contributed by atoms with Gasteiger partial charge in [0.05, 0.1) is 31.4 Å². The number of H-pyrrole nitrogens is 2. The lowest BCUT2D eigenvalue weighted by Gasteiger charge is -2.30. The standard InChI is InChI=1S/C36H58N12O10/c1-19(2)11-25(44-33(54)28-8-6-10-48(28)35(56)27(16-49)46-30(51)23(38)12-21-14-39-17-41-21)32(53)47-29(20(3)50)34(55)43-24(7-4-5-9-37)31(52)45-26(36(57)58)13-22-15-40-18-42-22/h14-15,17-20,23-29,49-50H,4-13,16,37-38H2,1-3H3,(H,39,41)(H,40,42)(H,43,55)(H,44,54)(H,45,52)(H,46,51)(H,47,53)(H,57,58)/t20-,23+,24+,25+,26+,27+,28+,29+/m1/s1. The van der Waals surface area contributed by atoms with Crippen molar-refractivity contribution in [2.24, 2.45) is 17.4 Å². The number of aliphatic hydroxyl groups excluding tert-OH is 2. The van der Waals surface area contributed by atoms with E-state index in [1.807, 2.05) is 0 Å². The average molecular weight is 819 g/mol. The van der Waals surface area contributed by atoms with E-state index in [9.17, 15) is 48.9 Å². The molecule has 1 aliphatic heterocycles. The molecule has 1 fully saturated rings. The number of nitrogens with two attached hydrogens (primary N) is 2. The van der Waals surface area contributed by atoms with Gasteiger partial charge in [-0.3, -0.25) is 28.8 Å². The van der Waals surface area contributed by atoms with Crippen molar-refractivity contribution in [1.82, 2.24) is 51.4 Å². The minimum atomic E-state index is -1.61. The number of likely N-dealkylation sites (tertiary alicyclic amines) is 1. The highest BCUT2D eigenvalue weighted by Gasteiger charge is 2.40. The molecule has 0 aromatic carbocycles. The number of hydrogen-bond acceptors (Lipinski definition) is 13. The second-order valence-corrected chi connectivity index (χ2v) is 14.8. The summed E-state index contributed by atoms with van der Waals surface area (Å²) in [5, 5.41) is 42.9. The fraction of sp³-hybridized carbons (Fsp3) is 0.639. The van der Waals surface area contributed by atoms with Gasteiger partial charge in [0.1, 0.15) is 36.3 Å². The number of aromatic nitrogens is 4. The van der Waals surface area contributed by atoms with Crippen LogP contribution in [0.25, 0.3) is 0 Å². The Kier molecular flexibility index (Phi) is 18.7. The zero-order valence-corrected chi connectivity index (χ0v) is 33.0. The van der Waals surface area contributed by atoms with Crippen LogP contribution >= 0.6 is 0 Å². The lowest BCUT2D eigenvalue weighted by atomic mass is 10.0. The Labute approximate surface area is 335 Å². The molecule has 0 unspecified atom stereocenters. The fourth-order valence-corrected chi connectivity index (χ4v) is 6.44. The predicted octanol–water partition coefficient (Wildman–Crippen LogP) is -3.71. The largest absolute Gasteiger partial charge is 0.480 e. The van der Waals surface area contributed by atoms with Gasteiger partial charge in [-0.15, -0.1) is 0 Å². The monoisotopic (exact) mass is 818 g/mol. The van der Waals surface area contributed by atoms with Gasteiger partial charge in [-0.25, -0.2) is 14.8 Å². The summed E-state index contributed by atoms with van der Waals surface area (Å²) in [7, 11) is 0. The van der Waals surface area contributed by atoms with E-state index in [1.165, 1.54) is 36.9 Å². The zero-order chi connectivity index (χ0) is 42.9. The summed E-state index contributed by atoms with van der Waals surface area (Å²) in [5.41, 5.74) is 12.6. The Hall–Kier alpha value is -5.45. The molecule has 0 radical (unpaired) electrons. The van der Waals surface area contributed by atoms with Crippen LogP contribution in [0.15, 0.2) is 25.0 Å². The van der Waals surface area contributed by atoms with Crippen molar-refractivity contribution in [2.45, 2.75) is 121 Å². The Balaban J connectivity index is 1.70. The minimum absolute atomic E-state index is 0.0626. The van der Waals surface area contributed by atoms with Crippen LogP contribution in [0.1, 0.15) is 70.7 Å². The second kappa shape index (κ2) is 23.1. The van der Waals surface area contributed by atoms with Gasteiger partial charge in [-0.2, -0.15) is 0 Å². The highest BCUT2D eigenvalue weighted by atomic mass is 16.4. The maximum absolute atomic E-state index is 13.8. The molecular weight excluding hydrogens is 760 g/mol. The second-order valence-electron chi connectivity index (χ2n) is 14.8. The number of carboxylic acids is 1. The minimum Gasteiger partial charge on any atom is -0.480 e. The van der Waals surface area contributed by atoms with Gasteiger partial charge in [-0.1, -0.05) is 13.8 Å². The fourth-order valence-electron chi connectivity index (χ4n) is 6.44. The summed E-state index contributed by atoms with van der Waals surface area (Å²) in [6, 6.07) is -9.02. The normalized spacial score (nSPS) is 17.6. The molecule has 22 nitrogen and oxygen atoms in total. The van der Waals surface area contributed by atoms with Gasteiger partial charge in [0.2, 0.25) is 35.4 Å². The molecule has 6 amide bonds. The van der Waals surface area contributed by atoms with Crippen LogP contribution in [0.4, 0.5) is 0 Å². The summed E-state index contributed by atoms with van der Waals surface area (Å²) < 4.78 is 0. The van der Waals surface area contributed by atoms with Crippen LogP contribution in [-0.2, 0) is 46.4 Å². The van der Waals surface area contributed by atoms with Crippen molar-refractivity contribution in [2.75, 3.05) is 19.7 Å². The molecule has 0 spiro atoms. The lowest BCUT2D eigenvalue weighted by molar-refractivity contribution is -0.143. The number of nitrogens with one attached hydrogen (secondary N) is 7. The van der Waals surface area contributed by atoms with E-state index in [4.69, 9.17) is 11.5 Å². The van der Waals surface area contributed by atoms with Crippen molar-refractivity contribution in [3.05, 3.63) is 36.4 Å². The first-order chi connectivity index (χ1) is 27.6. The number of unbranched alkanes of at least 4 members (excludes halogenated alkanes) is 1. The Bertz CT molecular complexity index is 1660. The number of amides is 6. The van der Waals surface area contributed by atoms with Crippen molar-refractivity contribution in [3.63, 3.8) is 0 Å². The van der Waals surface area contributed by atoms with E-state index in [-0.39, 0.29) is 44.6 Å². The molecule has 0 bridgehead atoms. The van der Waals surface area contributed by atoms with Crippen LogP contribution in [0.2, 0.25) is 0 Å². The highest BCUT2D eigenvalue weighted by molar-refractivity contribution is 5.97. The number of aliphatic hydroxyl groups is 2. The first kappa shape index (κ1) is 46.9. The Morgan fingerprint density at radius 2 is 1.43 bits per heavy atom. The molecule has 22 heteroatoms. The number of hydrogen-bond donors (Lipinski definition) is 12. The van der Waals surface area contributed by atoms with Crippen LogP contribution in [0.3, 0.4) is 0 Å². The number of nitrogens with zero attached hydrogens (tertiary/aromatic N) is 3. The molecule has 3 heterocycles. The van der Waals surface area contributed by atoms with Crippen LogP contribution in [0.5, 0.6) is 0 Å². The summed E-state index contributed by atoms with van der Waals surface area (Å²) in [4.78, 5) is 107. The zero-order valence-electron chi connectivity index (χ0n) is 33.0. The maximum atomic E-state index is 13.8. The molecule has 3 rings (SSSR count). The van der Waals surface area contributed by atoms with Crippen LogP contribution in [0, 0.1) is 5.92 Å². The van der Waals surface area contributed by atoms with Gasteiger partial charge < -0.3 is 68.2 Å². The third-order valence-corrected chi connectivity index (χ3v) is 9.54. The molecular formula is C36H58N12O10. The van der Waals surface area contributed by atoms with Gasteiger partial charge in [0.25, 0.3) is 0 Å². The van der Waals surface area contributed by atoms with Crippen LogP contribution in [-0.4, -0.2) is 150 Å². The number of carbonyl (C=O) groups is 7. The quantitative estimate of drug-likeness (QED) is 0.0454. The van der Waals surface area contributed by atoms with Gasteiger partial charge in [-0.05, 0) is 57.9 Å². The van der Waals surface area contributed by atoms with Gasteiger partial charge >= 0.3 is 5.97 Å². The summed E-state index contributed by atoms with van der Waals surface area (Å²) in [6.45, 7) is 4.49. The third kappa shape index (κ3) is 14.2. The molecule has 58 heavy (non-hydrogen) atoms. The summed E-state index contributed by atoms with van der Waals surface area (Å²) in [6.07, 6.45) is 5.84. The Morgan fingerprint density at radius 3 is 1.98 bits per heavy atom. The molecule has 1 aliphatic rings. The smallest absolute Gasteiger partial charge is 0.326 e. The molecule has 14 N–H and O–H groups in total. The molecule has 2 aromatic heterocycles. The molecule has 0 saturated carbocycles. The number of carboxylic acid groups (broad SMARTS) is 1. The lowest BCUT2D eigenvalue weighted by Crippen LogP contribution is -2.61. The SMILES string of the molecule is CC(C)C[C@H](NC(=O)[C@@H]1CCCN1C(=O)[C@H](CO)NC(=O)[C@@H](N)Cc1cnc[nH]1)C(=O)N[C@H](C(=O)N[C@@H](CCCCN)C(=O)N[C@@H](Cc1cnc[nH]1)C(=O)O)[C@@H](C)O. The number of rotatable bonds is 24. The van der Waals surface area contributed by atoms with Crippen LogP contribution < -0.4 is 38.1 Å². The average Bonchev–Trinajstić information content (AvgIpc) is 3.98. The summed E-state index contributed by atoms with van der Waals surface area (Å²) >= 11 is 0. The van der Waals surface area contributed by atoms with E-state index in [0.717, 1.165) is 0 Å². The first-order valence-corrected chi connectivity index (χ1v) is 19.3. The van der Waals surface area contributed by atoms with Crippen molar-refractivity contribution >= 4 is 41.4 Å². The van der Waals surface area contributed by atoms with Crippen molar-refractivity contribution in [1.29, 1.82) is 0 Å². The highest BCUT2D eigenvalue weighted by Crippen LogP contribution is 2.20. The van der Waals surface area contributed by atoms with E-state index >= 15 is 0 Å². The van der Waals surface area contributed by atoms with Crippen molar-refractivity contribution < 1.29 is 48.9 Å². The van der Waals surface area contributed by atoms with Crippen molar-refractivity contribution in [3.8, 4) is 0 Å². The maximum Gasteiger partial charge on any atom is 0.326 e. The number of aliphatic carboxylic acids is 1. The molecule has 1 saturated heterocycles. The number of aromatic amines is 2. The van der Waals surface area contributed by atoms with E-state index in [1.54, 1.807) is 13.8 Å². The molecule has 2 aromatic rings. The Morgan fingerprint density at radius 1 is 0.828 bits per heavy atom. The molecule has 0 aliphatic carbocycles.